The number of amides is 1. The average molecular weight is 564 g/mol. The highest BCUT2D eigenvalue weighted by Gasteiger charge is 2.42. The molecule has 0 spiro atoms. The first-order chi connectivity index (χ1) is 18.4. The number of nitrogens with zero attached hydrogens (tertiary/aromatic N) is 7. The lowest BCUT2D eigenvalue weighted by Crippen LogP contribution is -2.49. The van der Waals surface area contributed by atoms with Gasteiger partial charge in [-0.1, -0.05) is 6.92 Å². The van der Waals surface area contributed by atoms with Crippen molar-refractivity contribution in [3.63, 3.8) is 0 Å². The summed E-state index contributed by atoms with van der Waals surface area (Å²) in [6, 6.07) is -0.603. The van der Waals surface area contributed by atoms with Crippen LogP contribution in [0.1, 0.15) is 54.5 Å². The number of aromatic nitrogens is 4. The maximum absolute atomic E-state index is 13.5. The Balaban J connectivity index is 1.27. The topological polar surface area (TPSA) is 121 Å². The second-order valence-corrected chi connectivity index (χ2v) is 8.90. The number of hydrogen-bond donors (Lipinski definition) is 2. The fourth-order valence-electron chi connectivity index (χ4n) is 4.26. The molecule has 4 rings (SSSR count). The molecule has 1 saturated heterocycles. The summed E-state index contributed by atoms with van der Waals surface area (Å²) in [6.45, 7) is 3.05. The van der Waals surface area contributed by atoms with Crippen molar-refractivity contribution < 1.29 is 41.0 Å². The van der Waals surface area contributed by atoms with Gasteiger partial charge in [-0.15, -0.1) is 0 Å². The molecule has 2 N–H and O–H groups in total. The molecule has 0 saturated carbocycles. The predicted octanol–water partition coefficient (Wildman–Crippen LogP) is 2.35. The van der Waals surface area contributed by atoms with E-state index < -0.39 is 41.4 Å². The highest BCUT2D eigenvalue weighted by Crippen LogP contribution is 2.37. The fourth-order valence-corrected chi connectivity index (χ4v) is 4.26. The van der Waals surface area contributed by atoms with Crippen LogP contribution in [0.2, 0.25) is 0 Å². The third-order valence-corrected chi connectivity index (χ3v) is 6.38. The van der Waals surface area contributed by atoms with Gasteiger partial charge in [0.25, 0.3) is 0 Å². The number of fused-ring (bicyclic) bond motifs is 1. The minimum Gasteiger partial charge on any atom is -0.379 e. The van der Waals surface area contributed by atoms with E-state index in [2.05, 4.69) is 25.6 Å². The molecular formula is C22H26F6N8O3. The molecular weight excluding hydrogens is 538 g/mol. The minimum atomic E-state index is -4.78. The van der Waals surface area contributed by atoms with Crippen LogP contribution >= 0.6 is 0 Å². The van der Waals surface area contributed by atoms with Crippen molar-refractivity contribution >= 4 is 18.1 Å². The predicted molar refractivity (Wildman–Crippen MR) is 124 cm³/mol. The molecule has 0 aliphatic carbocycles. The van der Waals surface area contributed by atoms with E-state index in [1.165, 1.54) is 0 Å². The number of rotatable bonds is 8. The lowest BCUT2D eigenvalue weighted by molar-refractivity contribution is -0.143. The van der Waals surface area contributed by atoms with Gasteiger partial charge in [0.2, 0.25) is 11.9 Å². The Morgan fingerprint density at radius 3 is 2.38 bits per heavy atom. The number of alkyl halides is 6. The van der Waals surface area contributed by atoms with E-state index in [0.29, 0.717) is 32.6 Å². The van der Waals surface area contributed by atoms with Crippen LogP contribution in [0.15, 0.2) is 17.5 Å². The van der Waals surface area contributed by atoms with Crippen LogP contribution in [0, 0.1) is 0 Å². The van der Waals surface area contributed by atoms with Gasteiger partial charge in [0.1, 0.15) is 0 Å². The number of piperazine rings is 1. The number of nitrogens with one attached hydrogen (secondary N) is 1. The van der Waals surface area contributed by atoms with Crippen LogP contribution in [0.25, 0.3) is 0 Å². The molecule has 4 heterocycles. The van der Waals surface area contributed by atoms with E-state index in [0.717, 1.165) is 23.3 Å². The van der Waals surface area contributed by atoms with Crippen LogP contribution in [0.4, 0.5) is 32.3 Å². The molecule has 11 nitrogen and oxygen atoms in total. The monoisotopic (exact) mass is 564 g/mol. The summed E-state index contributed by atoms with van der Waals surface area (Å²) in [7, 11) is 0. The Hall–Kier alpha value is -3.47. The van der Waals surface area contributed by atoms with Gasteiger partial charge in [-0.05, 0) is 6.42 Å². The molecule has 2 aliphatic rings. The molecule has 17 heteroatoms. The van der Waals surface area contributed by atoms with Crippen LogP contribution < -0.4 is 10.3 Å². The van der Waals surface area contributed by atoms with E-state index in [1.807, 2.05) is 0 Å². The second-order valence-electron chi connectivity index (χ2n) is 8.90. The van der Waals surface area contributed by atoms with Crippen LogP contribution in [-0.2, 0) is 21.9 Å². The molecule has 2 aromatic heterocycles. The SMILES string of the molecule is CCC(COCCC(=O)N1CCN(c2ncc(C(F)(F)F)cn2)CC1)n1nc(C(F)(F)F)c2c1C=NNC2O. The lowest BCUT2D eigenvalue weighted by Gasteiger charge is -2.34. The summed E-state index contributed by atoms with van der Waals surface area (Å²) < 4.78 is 85.3. The Morgan fingerprint density at radius 1 is 1.13 bits per heavy atom. The smallest absolute Gasteiger partial charge is 0.379 e. The van der Waals surface area contributed by atoms with E-state index in [4.69, 9.17) is 4.74 Å². The molecule has 2 unspecified atom stereocenters. The number of aliphatic hydroxyl groups excluding tert-OH is 1. The molecule has 39 heavy (non-hydrogen) atoms. The molecule has 0 bridgehead atoms. The Morgan fingerprint density at radius 2 is 1.79 bits per heavy atom. The standard InChI is InChI=1S/C22H26F6N8O3/c1-2-14(36-15-11-31-32-19(38)17(15)18(33-36)22(26,27)28)12-39-8-3-16(37)34-4-6-35(7-5-34)20-29-9-13(10-30-20)21(23,24)25/h9-11,14,19,32,38H,2-8,12H2,1H3. The van der Waals surface area contributed by atoms with Crippen molar-refractivity contribution in [2.75, 3.05) is 44.3 Å². The second kappa shape index (κ2) is 11.3. The molecule has 2 aliphatic heterocycles. The van der Waals surface area contributed by atoms with Gasteiger partial charge in [-0.3, -0.25) is 14.9 Å². The Bertz CT molecular complexity index is 1180. The number of carbonyl (C=O) groups excluding carboxylic acids is 1. The molecule has 0 radical (unpaired) electrons. The zero-order valence-electron chi connectivity index (χ0n) is 20.7. The highest BCUT2D eigenvalue weighted by molar-refractivity contribution is 5.81. The Kier molecular flexibility index (Phi) is 8.29. The number of aliphatic hydroxyl groups is 1. The number of carbonyl (C=O) groups is 1. The maximum atomic E-state index is 13.5. The molecule has 2 atom stereocenters. The van der Waals surface area contributed by atoms with Crippen molar-refractivity contribution in [3.8, 4) is 0 Å². The summed E-state index contributed by atoms with van der Waals surface area (Å²) in [5.41, 5.74) is -0.357. The Labute approximate surface area is 218 Å². The van der Waals surface area contributed by atoms with E-state index in [1.54, 1.807) is 16.7 Å². The normalized spacial score (nSPS) is 18.6. The summed E-state index contributed by atoms with van der Waals surface area (Å²) in [4.78, 5) is 23.4. The van der Waals surface area contributed by atoms with Crippen molar-refractivity contribution in [2.45, 2.75) is 44.4 Å². The zero-order chi connectivity index (χ0) is 28.4. The van der Waals surface area contributed by atoms with E-state index in [9.17, 15) is 36.2 Å². The summed E-state index contributed by atoms with van der Waals surface area (Å²) in [6.07, 6.45) is -7.97. The first-order valence-electron chi connectivity index (χ1n) is 12.1. The molecule has 214 valence electrons. The van der Waals surface area contributed by atoms with E-state index in [-0.39, 0.29) is 37.2 Å². The first kappa shape index (κ1) is 28.5. The lowest BCUT2D eigenvalue weighted by atomic mass is 10.1. The zero-order valence-corrected chi connectivity index (χ0v) is 20.7. The molecule has 1 amide bonds. The third kappa shape index (κ3) is 6.41. The van der Waals surface area contributed by atoms with Crippen molar-refractivity contribution in [2.24, 2.45) is 5.10 Å². The number of ether oxygens (including phenoxy) is 1. The van der Waals surface area contributed by atoms with Gasteiger partial charge >= 0.3 is 12.4 Å². The summed E-state index contributed by atoms with van der Waals surface area (Å²) in [5.74, 6) is -0.0555. The highest BCUT2D eigenvalue weighted by atomic mass is 19.4. The quantitative estimate of drug-likeness (QED) is 0.371. The number of anilines is 1. The molecule has 2 aromatic rings. The number of halogens is 6. The maximum Gasteiger partial charge on any atom is 0.435 e. The van der Waals surface area contributed by atoms with Gasteiger partial charge in [0.15, 0.2) is 11.9 Å². The van der Waals surface area contributed by atoms with Gasteiger partial charge < -0.3 is 19.6 Å². The summed E-state index contributed by atoms with van der Waals surface area (Å²) in [5, 5.41) is 17.4. The van der Waals surface area contributed by atoms with Gasteiger partial charge in [-0.2, -0.15) is 36.5 Å². The van der Waals surface area contributed by atoms with Crippen molar-refractivity contribution in [1.29, 1.82) is 0 Å². The van der Waals surface area contributed by atoms with Crippen molar-refractivity contribution in [3.05, 3.63) is 34.9 Å². The first-order valence-corrected chi connectivity index (χ1v) is 12.1. The largest absolute Gasteiger partial charge is 0.435 e. The number of hydrogen-bond acceptors (Lipinski definition) is 9. The van der Waals surface area contributed by atoms with E-state index >= 15 is 0 Å². The van der Waals surface area contributed by atoms with Crippen LogP contribution in [0.3, 0.4) is 0 Å². The van der Waals surface area contributed by atoms with Crippen LogP contribution in [-0.4, -0.2) is 81.3 Å². The summed E-state index contributed by atoms with van der Waals surface area (Å²) >= 11 is 0. The van der Waals surface area contributed by atoms with Gasteiger partial charge in [-0.25, -0.2) is 9.97 Å². The van der Waals surface area contributed by atoms with Gasteiger partial charge in [0.05, 0.1) is 48.7 Å². The van der Waals surface area contributed by atoms with Gasteiger partial charge in [0, 0.05) is 38.6 Å². The third-order valence-electron chi connectivity index (χ3n) is 6.38. The average Bonchev–Trinajstić information content (AvgIpc) is 3.30. The minimum absolute atomic E-state index is 0.0193. The van der Waals surface area contributed by atoms with Crippen molar-refractivity contribution in [1.82, 2.24) is 30.1 Å². The number of hydrazone groups is 1. The molecule has 0 aromatic carbocycles. The fraction of sp³-hybridized carbons (Fsp3) is 0.591. The van der Waals surface area contributed by atoms with Crippen LogP contribution in [0.5, 0.6) is 0 Å². The molecule has 1 fully saturated rings.